The second kappa shape index (κ2) is 5.37. The molecule has 0 aliphatic carbocycles. The number of fused-ring (bicyclic) bond motifs is 1. The van der Waals surface area contributed by atoms with E-state index in [2.05, 4.69) is 71.2 Å². The number of para-hydroxylation sites is 2. The van der Waals surface area contributed by atoms with Gasteiger partial charge in [-0.05, 0) is 43.7 Å². The summed E-state index contributed by atoms with van der Waals surface area (Å²) in [4.78, 5) is 4.59. The van der Waals surface area contributed by atoms with E-state index >= 15 is 0 Å². The number of benzene rings is 2. The summed E-state index contributed by atoms with van der Waals surface area (Å²) >= 11 is 0. The Morgan fingerprint density at radius 3 is 2.75 bits per heavy atom. The van der Waals surface area contributed by atoms with Crippen LogP contribution in [0.15, 0.2) is 48.5 Å². The van der Waals surface area contributed by atoms with Crippen molar-refractivity contribution in [2.24, 2.45) is 0 Å². The van der Waals surface area contributed by atoms with Gasteiger partial charge in [0.2, 0.25) is 0 Å². The topological polar surface area (TPSA) is 29.9 Å². The van der Waals surface area contributed by atoms with Crippen molar-refractivity contribution >= 4 is 16.7 Å². The van der Waals surface area contributed by atoms with Gasteiger partial charge in [0, 0.05) is 18.8 Å². The Morgan fingerprint density at radius 2 is 1.90 bits per heavy atom. The van der Waals surface area contributed by atoms with Gasteiger partial charge in [-0.25, -0.2) is 4.98 Å². The van der Waals surface area contributed by atoms with Crippen LogP contribution in [0.25, 0.3) is 11.0 Å². The van der Waals surface area contributed by atoms with E-state index in [4.69, 9.17) is 0 Å². The van der Waals surface area contributed by atoms with Crippen LogP contribution >= 0.6 is 0 Å². The summed E-state index contributed by atoms with van der Waals surface area (Å²) in [5.41, 5.74) is 4.72. The molecule has 1 aromatic heterocycles. The van der Waals surface area contributed by atoms with E-state index < -0.39 is 0 Å². The standard InChI is InChI=1S/C17H19N3/c1-13-6-5-7-15(12-13)18-10-11-20-14(2)19-16-8-3-4-9-17(16)20/h3-9,12,18H,10-11H2,1-2H3. The first kappa shape index (κ1) is 12.7. The largest absolute Gasteiger partial charge is 0.383 e. The minimum atomic E-state index is 0.893. The molecule has 0 saturated heterocycles. The van der Waals surface area contributed by atoms with Gasteiger partial charge in [-0.2, -0.15) is 0 Å². The summed E-state index contributed by atoms with van der Waals surface area (Å²) in [5, 5.41) is 3.47. The van der Waals surface area contributed by atoms with Crippen molar-refractivity contribution < 1.29 is 0 Å². The molecule has 102 valence electrons. The van der Waals surface area contributed by atoms with Gasteiger partial charge in [-0.3, -0.25) is 0 Å². The molecule has 0 aliphatic rings. The van der Waals surface area contributed by atoms with E-state index in [9.17, 15) is 0 Å². The molecular weight excluding hydrogens is 246 g/mol. The molecule has 1 N–H and O–H groups in total. The molecule has 20 heavy (non-hydrogen) atoms. The summed E-state index contributed by atoms with van der Waals surface area (Å²) < 4.78 is 2.26. The third-order valence-corrected chi connectivity index (χ3v) is 3.53. The van der Waals surface area contributed by atoms with Gasteiger partial charge in [0.15, 0.2) is 0 Å². The lowest BCUT2D eigenvalue weighted by atomic mass is 10.2. The zero-order valence-electron chi connectivity index (χ0n) is 11.9. The molecule has 3 heteroatoms. The number of aryl methyl sites for hydroxylation is 2. The number of nitrogens with zero attached hydrogens (tertiary/aromatic N) is 2. The highest BCUT2D eigenvalue weighted by Crippen LogP contribution is 2.15. The first-order valence-electron chi connectivity index (χ1n) is 6.96. The van der Waals surface area contributed by atoms with E-state index in [0.29, 0.717) is 0 Å². The van der Waals surface area contributed by atoms with Gasteiger partial charge in [0.25, 0.3) is 0 Å². The molecule has 0 bridgehead atoms. The average molecular weight is 265 g/mol. The minimum Gasteiger partial charge on any atom is -0.383 e. The van der Waals surface area contributed by atoms with Crippen molar-refractivity contribution in [3.63, 3.8) is 0 Å². The third-order valence-electron chi connectivity index (χ3n) is 3.53. The van der Waals surface area contributed by atoms with Gasteiger partial charge in [0.1, 0.15) is 5.82 Å². The number of nitrogens with one attached hydrogen (secondary N) is 1. The molecule has 0 fully saturated rings. The normalized spacial score (nSPS) is 10.9. The molecule has 0 atom stereocenters. The number of hydrogen-bond acceptors (Lipinski definition) is 2. The van der Waals surface area contributed by atoms with Crippen LogP contribution in [-0.4, -0.2) is 16.1 Å². The van der Waals surface area contributed by atoms with Crippen LogP contribution in [0.5, 0.6) is 0 Å². The van der Waals surface area contributed by atoms with Gasteiger partial charge in [-0.15, -0.1) is 0 Å². The maximum absolute atomic E-state index is 4.59. The van der Waals surface area contributed by atoms with Crippen molar-refractivity contribution in [3.05, 3.63) is 59.9 Å². The van der Waals surface area contributed by atoms with Crippen molar-refractivity contribution in [3.8, 4) is 0 Å². The molecule has 0 unspecified atom stereocenters. The van der Waals surface area contributed by atoms with Gasteiger partial charge in [-0.1, -0.05) is 24.3 Å². The summed E-state index contributed by atoms with van der Waals surface area (Å²) in [6.07, 6.45) is 0. The Bertz CT molecular complexity index is 728. The second-order valence-electron chi connectivity index (χ2n) is 5.10. The molecule has 0 radical (unpaired) electrons. The van der Waals surface area contributed by atoms with Crippen molar-refractivity contribution in [2.45, 2.75) is 20.4 Å². The summed E-state index contributed by atoms with van der Waals surface area (Å²) in [6.45, 7) is 5.98. The smallest absolute Gasteiger partial charge is 0.106 e. The lowest BCUT2D eigenvalue weighted by molar-refractivity contribution is 0.721. The lowest BCUT2D eigenvalue weighted by Gasteiger charge is -2.10. The fourth-order valence-electron chi connectivity index (χ4n) is 2.55. The SMILES string of the molecule is Cc1cccc(NCCn2c(C)nc3ccccc32)c1. The second-order valence-corrected chi connectivity index (χ2v) is 5.10. The summed E-state index contributed by atoms with van der Waals surface area (Å²) in [5.74, 6) is 1.07. The van der Waals surface area contributed by atoms with Crippen molar-refractivity contribution in [1.29, 1.82) is 0 Å². The Morgan fingerprint density at radius 1 is 1.05 bits per heavy atom. The molecule has 3 nitrogen and oxygen atoms in total. The Kier molecular flexibility index (Phi) is 3.42. The molecule has 0 amide bonds. The molecule has 2 aromatic carbocycles. The predicted octanol–water partition coefficient (Wildman–Crippen LogP) is 3.77. The fourth-order valence-corrected chi connectivity index (χ4v) is 2.55. The highest BCUT2D eigenvalue weighted by atomic mass is 15.1. The Hall–Kier alpha value is -2.29. The van der Waals surface area contributed by atoms with E-state index in [1.807, 2.05) is 6.07 Å². The number of hydrogen-bond donors (Lipinski definition) is 1. The molecule has 1 heterocycles. The Balaban J connectivity index is 1.73. The van der Waals surface area contributed by atoms with E-state index in [-0.39, 0.29) is 0 Å². The number of anilines is 1. The van der Waals surface area contributed by atoms with Crippen molar-refractivity contribution in [1.82, 2.24) is 9.55 Å². The van der Waals surface area contributed by atoms with Crippen LogP contribution in [0, 0.1) is 13.8 Å². The molecule has 3 aromatic rings. The zero-order chi connectivity index (χ0) is 13.9. The Labute approximate surface area is 119 Å². The van der Waals surface area contributed by atoms with E-state index in [1.165, 1.54) is 16.8 Å². The van der Waals surface area contributed by atoms with E-state index in [0.717, 1.165) is 24.4 Å². The van der Waals surface area contributed by atoms with Gasteiger partial charge >= 0.3 is 0 Å². The van der Waals surface area contributed by atoms with Crippen LogP contribution in [0.2, 0.25) is 0 Å². The van der Waals surface area contributed by atoms with E-state index in [1.54, 1.807) is 0 Å². The van der Waals surface area contributed by atoms with Crippen LogP contribution in [-0.2, 0) is 6.54 Å². The monoisotopic (exact) mass is 265 g/mol. The number of rotatable bonds is 4. The highest BCUT2D eigenvalue weighted by molar-refractivity contribution is 5.75. The van der Waals surface area contributed by atoms with Crippen LogP contribution in [0.4, 0.5) is 5.69 Å². The molecule has 0 aliphatic heterocycles. The fraction of sp³-hybridized carbons (Fsp3) is 0.235. The van der Waals surface area contributed by atoms with Crippen molar-refractivity contribution in [2.75, 3.05) is 11.9 Å². The maximum Gasteiger partial charge on any atom is 0.106 e. The van der Waals surface area contributed by atoms with Gasteiger partial charge in [0.05, 0.1) is 11.0 Å². The minimum absolute atomic E-state index is 0.893. The molecule has 3 rings (SSSR count). The maximum atomic E-state index is 4.59. The molecule has 0 spiro atoms. The third kappa shape index (κ3) is 2.52. The first-order chi connectivity index (χ1) is 9.74. The first-order valence-corrected chi connectivity index (χ1v) is 6.96. The molecular formula is C17H19N3. The van der Waals surface area contributed by atoms with Crippen LogP contribution < -0.4 is 5.32 Å². The van der Waals surface area contributed by atoms with Gasteiger partial charge < -0.3 is 9.88 Å². The number of imidazole rings is 1. The zero-order valence-corrected chi connectivity index (χ0v) is 11.9. The summed E-state index contributed by atoms with van der Waals surface area (Å²) in [7, 11) is 0. The van der Waals surface area contributed by atoms with Crippen LogP contribution in [0.3, 0.4) is 0 Å². The molecule has 0 saturated carbocycles. The summed E-state index contributed by atoms with van der Waals surface area (Å²) in [6, 6.07) is 16.7. The average Bonchev–Trinajstić information content (AvgIpc) is 2.75. The number of aromatic nitrogens is 2. The van der Waals surface area contributed by atoms with Crippen LogP contribution in [0.1, 0.15) is 11.4 Å². The quantitative estimate of drug-likeness (QED) is 0.778. The lowest BCUT2D eigenvalue weighted by Crippen LogP contribution is -2.11. The predicted molar refractivity (Wildman–Crippen MR) is 84.1 cm³/mol. The highest BCUT2D eigenvalue weighted by Gasteiger charge is 2.05.